The van der Waals surface area contributed by atoms with Crippen molar-refractivity contribution >= 4 is 6.29 Å². The molecule has 2 nitrogen and oxygen atoms in total. The number of likely N-dealkylation sites (tertiary alicyclic amines) is 1. The zero-order valence-corrected chi connectivity index (χ0v) is 7.70. The van der Waals surface area contributed by atoms with E-state index in [0.29, 0.717) is 0 Å². The van der Waals surface area contributed by atoms with Gasteiger partial charge in [-0.05, 0) is 26.3 Å². The highest BCUT2D eigenvalue weighted by atomic mass is 16.1. The molecule has 0 aromatic rings. The monoisotopic (exact) mass is 167 g/mol. The predicted octanol–water partition coefficient (Wildman–Crippen LogP) is 1.62. The van der Waals surface area contributed by atoms with Crippen LogP contribution in [0.4, 0.5) is 0 Å². The molecule has 0 spiro atoms. The van der Waals surface area contributed by atoms with E-state index >= 15 is 0 Å². The van der Waals surface area contributed by atoms with Crippen LogP contribution in [0.2, 0.25) is 0 Å². The van der Waals surface area contributed by atoms with Crippen molar-refractivity contribution in [3.05, 3.63) is 12.2 Å². The fraction of sp³-hybridized carbons (Fsp3) is 0.700. The van der Waals surface area contributed by atoms with E-state index < -0.39 is 0 Å². The van der Waals surface area contributed by atoms with Crippen LogP contribution in [0.3, 0.4) is 0 Å². The second-order valence-electron chi connectivity index (χ2n) is 3.26. The van der Waals surface area contributed by atoms with Crippen LogP contribution in [0, 0.1) is 0 Å². The summed E-state index contributed by atoms with van der Waals surface area (Å²) in [4.78, 5) is 12.9. The second kappa shape index (κ2) is 5.09. The molecular weight excluding hydrogens is 150 g/mol. The number of piperidine rings is 1. The van der Waals surface area contributed by atoms with Crippen LogP contribution in [0.5, 0.6) is 0 Å². The predicted molar refractivity (Wildman–Crippen MR) is 50.1 cm³/mol. The lowest BCUT2D eigenvalue weighted by Crippen LogP contribution is -2.40. The van der Waals surface area contributed by atoms with E-state index in [-0.39, 0.29) is 6.04 Å². The van der Waals surface area contributed by atoms with E-state index in [1.54, 1.807) is 0 Å². The van der Waals surface area contributed by atoms with Crippen LogP contribution < -0.4 is 0 Å². The molecule has 2 heteroatoms. The van der Waals surface area contributed by atoms with Crippen LogP contribution in [0.25, 0.3) is 0 Å². The van der Waals surface area contributed by atoms with Gasteiger partial charge in [0.15, 0.2) is 0 Å². The summed E-state index contributed by atoms with van der Waals surface area (Å²) in [5.74, 6) is 0. The van der Waals surface area contributed by atoms with Crippen molar-refractivity contribution < 1.29 is 4.79 Å². The highest BCUT2D eigenvalue weighted by molar-refractivity contribution is 5.57. The first-order chi connectivity index (χ1) is 5.88. The lowest BCUT2D eigenvalue weighted by atomic mass is 10.0. The molecule has 1 unspecified atom stereocenters. The molecule has 1 rings (SSSR count). The first kappa shape index (κ1) is 9.46. The van der Waals surface area contributed by atoms with E-state index in [2.05, 4.69) is 11.0 Å². The number of carbonyl (C=O) groups excluding carboxylic acids is 1. The van der Waals surface area contributed by atoms with Crippen molar-refractivity contribution in [3.8, 4) is 0 Å². The molecule has 0 aromatic heterocycles. The molecule has 1 heterocycles. The van der Waals surface area contributed by atoms with Crippen molar-refractivity contribution in [2.45, 2.75) is 32.2 Å². The minimum atomic E-state index is 0.176. The van der Waals surface area contributed by atoms with Gasteiger partial charge in [0, 0.05) is 6.54 Å². The molecule has 68 valence electrons. The van der Waals surface area contributed by atoms with Gasteiger partial charge in [-0.15, -0.1) is 0 Å². The smallest absolute Gasteiger partial charge is 0.137 e. The third-order valence-corrected chi connectivity index (χ3v) is 2.40. The van der Waals surface area contributed by atoms with Gasteiger partial charge in [-0.2, -0.15) is 0 Å². The van der Waals surface area contributed by atoms with Gasteiger partial charge in [-0.25, -0.2) is 0 Å². The fourth-order valence-corrected chi connectivity index (χ4v) is 1.64. The Bertz CT molecular complexity index is 165. The van der Waals surface area contributed by atoms with Crippen LogP contribution in [0.15, 0.2) is 12.2 Å². The van der Waals surface area contributed by atoms with Crippen molar-refractivity contribution in [1.29, 1.82) is 0 Å². The zero-order chi connectivity index (χ0) is 8.81. The average molecular weight is 167 g/mol. The van der Waals surface area contributed by atoms with Gasteiger partial charge in [0.25, 0.3) is 0 Å². The summed E-state index contributed by atoms with van der Waals surface area (Å²) in [6.45, 7) is 4.02. The molecule has 0 radical (unpaired) electrons. The van der Waals surface area contributed by atoms with E-state index in [1.165, 1.54) is 12.8 Å². The average Bonchev–Trinajstić information content (AvgIpc) is 2.15. The van der Waals surface area contributed by atoms with Gasteiger partial charge in [-0.1, -0.05) is 18.6 Å². The number of carbonyl (C=O) groups is 1. The van der Waals surface area contributed by atoms with E-state index in [4.69, 9.17) is 0 Å². The Morgan fingerprint density at radius 3 is 3.00 bits per heavy atom. The maximum absolute atomic E-state index is 10.7. The van der Waals surface area contributed by atoms with Gasteiger partial charge in [0.2, 0.25) is 0 Å². The molecule has 0 aromatic carbocycles. The minimum absolute atomic E-state index is 0.176. The number of allylic oxidation sites excluding steroid dienone is 1. The Balaban J connectivity index is 2.41. The molecule has 1 atom stereocenters. The van der Waals surface area contributed by atoms with E-state index in [1.807, 2.05) is 13.0 Å². The molecule has 0 amide bonds. The first-order valence-corrected chi connectivity index (χ1v) is 4.69. The van der Waals surface area contributed by atoms with Crippen molar-refractivity contribution in [2.75, 3.05) is 13.1 Å². The first-order valence-electron chi connectivity index (χ1n) is 4.69. The molecule has 1 fully saturated rings. The lowest BCUT2D eigenvalue weighted by molar-refractivity contribution is -0.113. The van der Waals surface area contributed by atoms with E-state index in [9.17, 15) is 4.79 Å². The van der Waals surface area contributed by atoms with Crippen molar-refractivity contribution in [1.82, 2.24) is 4.90 Å². The molecule has 0 bridgehead atoms. The minimum Gasteiger partial charge on any atom is -0.302 e. The van der Waals surface area contributed by atoms with E-state index in [0.717, 1.165) is 25.8 Å². The quantitative estimate of drug-likeness (QED) is 0.470. The number of nitrogens with zero attached hydrogens (tertiary/aromatic N) is 1. The molecule has 1 aliphatic rings. The number of rotatable bonds is 3. The topological polar surface area (TPSA) is 20.3 Å². The maximum atomic E-state index is 10.7. The van der Waals surface area contributed by atoms with Crippen LogP contribution >= 0.6 is 0 Å². The summed E-state index contributed by atoms with van der Waals surface area (Å²) in [6.07, 6.45) is 8.72. The molecule has 0 saturated carbocycles. The molecule has 1 saturated heterocycles. The summed E-state index contributed by atoms with van der Waals surface area (Å²) in [5.41, 5.74) is 0. The Labute approximate surface area is 74.2 Å². The Hall–Kier alpha value is -0.630. The van der Waals surface area contributed by atoms with Gasteiger partial charge < -0.3 is 4.79 Å². The summed E-state index contributed by atoms with van der Waals surface area (Å²) in [6, 6.07) is 0.176. The number of hydrogen-bond donors (Lipinski definition) is 0. The van der Waals surface area contributed by atoms with Gasteiger partial charge >= 0.3 is 0 Å². The van der Waals surface area contributed by atoms with Gasteiger partial charge in [0.05, 0.1) is 6.04 Å². The Morgan fingerprint density at radius 1 is 1.50 bits per heavy atom. The summed E-state index contributed by atoms with van der Waals surface area (Å²) < 4.78 is 0. The molecule has 0 N–H and O–H groups in total. The van der Waals surface area contributed by atoms with Gasteiger partial charge in [-0.3, -0.25) is 4.90 Å². The maximum Gasteiger partial charge on any atom is 0.137 e. The SMILES string of the molecule is C/C=C/CN1CCCCC1C=O. The zero-order valence-electron chi connectivity index (χ0n) is 7.70. The van der Waals surface area contributed by atoms with Crippen molar-refractivity contribution in [2.24, 2.45) is 0 Å². The lowest BCUT2D eigenvalue weighted by Gasteiger charge is -2.31. The normalized spacial score (nSPS) is 26.2. The molecular formula is C10H17NO. The largest absolute Gasteiger partial charge is 0.302 e. The molecule has 12 heavy (non-hydrogen) atoms. The van der Waals surface area contributed by atoms with Crippen LogP contribution in [-0.2, 0) is 4.79 Å². The Morgan fingerprint density at radius 2 is 2.33 bits per heavy atom. The fourth-order valence-electron chi connectivity index (χ4n) is 1.64. The standard InChI is InChI=1S/C10H17NO/c1-2-3-7-11-8-5-4-6-10(11)9-12/h2-3,9-10H,4-8H2,1H3/b3-2+. The molecule has 1 aliphatic heterocycles. The number of aldehydes is 1. The highest BCUT2D eigenvalue weighted by Gasteiger charge is 2.19. The highest BCUT2D eigenvalue weighted by Crippen LogP contribution is 2.14. The van der Waals surface area contributed by atoms with Crippen LogP contribution in [0.1, 0.15) is 26.2 Å². The third kappa shape index (κ3) is 2.45. The van der Waals surface area contributed by atoms with Crippen LogP contribution in [-0.4, -0.2) is 30.3 Å². The molecule has 0 aliphatic carbocycles. The van der Waals surface area contributed by atoms with Gasteiger partial charge in [0.1, 0.15) is 6.29 Å². The Kier molecular flexibility index (Phi) is 4.01. The summed E-state index contributed by atoms with van der Waals surface area (Å²) in [7, 11) is 0. The van der Waals surface area contributed by atoms with Crippen molar-refractivity contribution in [3.63, 3.8) is 0 Å². The summed E-state index contributed by atoms with van der Waals surface area (Å²) >= 11 is 0. The third-order valence-electron chi connectivity index (χ3n) is 2.40. The second-order valence-corrected chi connectivity index (χ2v) is 3.26. The number of hydrogen-bond acceptors (Lipinski definition) is 2. The summed E-state index contributed by atoms with van der Waals surface area (Å²) in [5, 5.41) is 0.